The smallest absolute Gasteiger partial charge is 0.302 e. The number of hydrogen-bond donors (Lipinski definition) is 4. The molecule has 4 N–H and O–H groups in total. The highest BCUT2D eigenvalue weighted by atomic mass is 32.2. The Hall–Kier alpha value is -3.27. The van der Waals surface area contributed by atoms with Crippen LogP contribution in [0, 0.1) is 17.2 Å². The van der Waals surface area contributed by atoms with E-state index >= 15 is 0 Å². The third-order valence-corrected chi connectivity index (χ3v) is 5.83. The number of nitrogens with zero attached hydrogens (tertiary/aromatic N) is 5. The van der Waals surface area contributed by atoms with Crippen LogP contribution in [0.1, 0.15) is 18.5 Å². The molecular formula is C19H19N7O4S. The van der Waals surface area contributed by atoms with Gasteiger partial charge in [0.25, 0.3) is 0 Å². The molecule has 160 valence electrons. The number of amides is 2. The number of aliphatic hydroxyl groups is 2. The standard InChI is InChI=1S/C19H19N7O4S/c20-6-14-13(23-10-17(27)26-3-4-31-19(26,29)30)5-12(7-21-14)15-8-24-16(9-22-15)25-18(28)11-1-2-11/h5,7-9,11,23,29-30H,1-4,10H2,(H,24,25,28). The third-order valence-electron chi connectivity index (χ3n) is 4.83. The first-order valence-corrected chi connectivity index (χ1v) is 10.5. The average Bonchev–Trinajstić information content (AvgIpc) is 3.55. The summed E-state index contributed by atoms with van der Waals surface area (Å²) in [6, 6.07) is 3.55. The van der Waals surface area contributed by atoms with Crippen molar-refractivity contribution in [3.8, 4) is 17.3 Å². The number of aromatic nitrogens is 3. The molecule has 0 radical (unpaired) electrons. The van der Waals surface area contributed by atoms with E-state index in [0.717, 1.165) is 29.5 Å². The highest BCUT2D eigenvalue weighted by Crippen LogP contribution is 2.31. The highest BCUT2D eigenvalue weighted by molar-refractivity contribution is 8.00. The molecule has 2 aliphatic rings. The molecule has 2 amide bonds. The maximum atomic E-state index is 12.3. The molecule has 2 fully saturated rings. The number of rotatable bonds is 6. The van der Waals surface area contributed by atoms with Crippen molar-refractivity contribution in [3.63, 3.8) is 0 Å². The Kier molecular flexibility index (Phi) is 5.73. The molecule has 1 saturated carbocycles. The normalized spacial score (nSPS) is 17.1. The Morgan fingerprint density at radius 3 is 2.68 bits per heavy atom. The van der Waals surface area contributed by atoms with Gasteiger partial charge in [0.05, 0.1) is 30.3 Å². The van der Waals surface area contributed by atoms with Crippen molar-refractivity contribution in [1.29, 1.82) is 5.26 Å². The van der Waals surface area contributed by atoms with Gasteiger partial charge >= 0.3 is 5.24 Å². The van der Waals surface area contributed by atoms with Crippen LogP contribution >= 0.6 is 11.8 Å². The predicted octanol–water partition coefficient (Wildman–Crippen LogP) is 0.342. The zero-order valence-electron chi connectivity index (χ0n) is 16.3. The lowest BCUT2D eigenvalue weighted by Gasteiger charge is -2.26. The van der Waals surface area contributed by atoms with Crippen LogP contribution in [0.15, 0.2) is 24.7 Å². The molecule has 0 aromatic carbocycles. The summed E-state index contributed by atoms with van der Waals surface area (Å²) in [6.45, 7) is -0.0398. The van der Waals surface area contributed by atoms with E-state index in [1.807, 2.05) is 6.07 Å². The fourth-order valence-electron chi connectivity index (χ4n) is 2.99. The second kappa shape index (κ2) is 8.46. The van der Waals surface area contributed by atoms with Crippen LogP contribution in [-0.2, 0) is 9.59 Å². The van der Waals surface area contributed by atoms with Gasteiger partial charge in [-0.3, -0.25) is 19.5 Å². The minimum Gasteiger partial charge on any atom is -0.374 e. The van der Waals surface area contributed by atoms with Gasteiger partial charge < -0.3 is 20.8 Å². The number of carbonyl (C=O) groups excluding carboxylic acids is 2. The van der Waals surface area contributed by atoms with Crippen LogP contribution in [0.25, 0.3) is 11.3 Å². The Labute approximate surface area is 181 Å². The maximum Gasteiger partial charge on any atom is 0.302 e. The van der Waals surface area contributed by atoms with Crippen LogP contribution in [0.4, 0.5) is 11.5 Å². The summed E-state index contributed by atoms with van der Waals surface area (Å²) < 4.78 is 0. The van der Waals surface area contributed by atoms with Crippen molar-refractivity contribution in [2.45, 2.75) is 18.1 Å². The van der Waals surface area contributed by atoms with Gasteiger partial charge in [0.1, 0.15) is 6.07 Å². The number of thioether (sulfide) groups is 1. The number of nitrogens with one attached hydrogen (secondary N) is 2. The molecule has 12 heteroatoms. The fourth-order valence-corrected chi connectivity index (χ4v) is 3.89. The molecule has 2 aromatic rings. The molecular weight excluding hydrogens is 422 g/mol. The Bertz CT molecular complexity index is 1050. The van der Waals surface area contributed by atoms with Crippen molar-refractivity contribution in [2.24, 2.45) is 5.92 Å². The van der Waals surface area contributed by atoms with Gasteiger partial charge in [-0.2, -0.15) is 5.26 Å². The van der Waals surface area contributed by atoms with E-state index in [9.17, 15) is 25.1 Å². The fraction of sp³-hybridized carbons (Fsp3) is 0.368. The maximum absolute atomic E-state index is 12.3. The molecule has 0 bridgehead atoms. The first kappa shape index (κ1) is 21.0. The second-order valence-electron chi connectivity index (χ2n) is 7.10. The predicted molar refractivity (Wildman–Crippen MR) is 111 cm³/mol. The summed E-state index contributed by atoms with van der Waals surface area (Å²) in [5, 5.41) is 32.3. The molecule has 4 rings (SSSR count). The van der Waals surface area contributed by atoms with Gasteiger partial charge in [-0.25, -0.2) is 9.97 Å². The minimum absolute atomic E-state index is 0.0570. The van der Waals surface area contributed by atoms with E-state index in [2.05, 4.69) is 25.6 Å². The average molecular weight is 441 g/mol. The van der Waals surface area contributed by atoms with Crippen molar-refractivity contribution in [3.05, 3.63) is 30.4 Å². The van der Waals surface area contributed by atoms with Crippen molar-refractivity contribution in [2.75, 3.05) is 29.5 Å². The van der Waals surface area contributed by atoms with Crippen molar-refractivity contribution in [1.82, 2.24) is 19.9 Å². The van der Waals surface area contributed by atoms with Gasteiger partial charge in [0.2, 0.25) is 11.8 Å². The molecule has 31 heavy (non-hydrogen) atoms. The van der Waals surface area contributed by atoms with E-state index in [4.69, 9.17) is 0 Å². The number of pyridine rings is 1. The summed E-state index contributed by atoms with van der Waals surface area (Å²) in [5.74, 6) is 0.228. The van der Waals surface area contributed by atoms with Crippen LogP contribution in [-0.4, -0.2) is 66.0 Å². The van der Waals surface area contributed by atoms with Gasteiger partial charge in [-0.1, -0.05) is 11.8 Å². The van der Waals surface area contributed by atoms with E-state index < -0.39 is 11.2 Å². The molecule has 1 aliphatic carbocycles. The highest BCUT2D eigenvalue weighted by Gasteiger charge is 2.41. The summed E-state index contributed by atoms with van der Waals surface area (Å²) in [7, 11) is 0. The first-order valence-electron chi connectivity index (χ1n) is 9.54. The Morgan fingerprint density at radius 1 is 1.26 bits per heavy atom. The monoisotopic (exact) mass is 441 g/mol. The van der Waals surface area contributed by atoms with Crippen molar-refractivity contribution < 1.29 is 19.8 Å². The Morgan fingerprint density at radius 2 is 2.06 bits per heavy atom. The molecule has 2 aromatic heterocycles. The van der Waals surface area contributed by atoms with E-state index in [1.54, 1.807) is 6.07 Å². The van der Waals surface area contributed by atoms with Crippen LogP contribution in [0.2, 0.25) is 0 Å². The summed E-state index contributed by atoms with van der Waals surface area (Å²) in [5.41, 5.74) is 1.40. The molecule has 1 saturated heterocycles. The topological polar surface area (TPSA) is 164 Å². The summed E-state index contributed by atoms with van der Waals surface area (Å²) in [6.07, 6.45) is 6.16. The molecule has 1 aliphatic heterocycles. The van der Waals surface area contributed by atoms with Gasteiger partial charge in [-0.05, 0) is 18.9 Å². The SMILES string of the molecule is N#Cc1ncc(-c2cnc(NC(=O)C3CC3)cn2)cc1NCC(=O)N1CCSC1(O)O. The third kappa shape index (κ3) is 4.74. The quantitative estimate of drug-likeness (QED) is 0.459. The largest absolute Gasteiger partial charge is 0.374 e. The summed E-state index contributed by atoms with van der Waals surface area (Å²) >= 11 is 0.857. The zero-order chi connectivity index (χ0) is 22.0. The molecule has 0 spiro atoms. The lowest BCUT2D eigenvalue weighted by molar-refractivity contribution is -0.189. The zero-order valence-corrected chi connectivity index (χ0v) is 17.1. The van der Waals surface area contributed by atoms with Crippen LogP contribution < -0.4 is 10.6 Å². The number of anilines is 2. The summed E-state index contributed by atoms with van der Waals surface area (Å²) in [4.78, 5) is 37.7. The molecule has 0 atom stereocenters. The van der Waals surface area contributed by atoms with Gasteiger partial charge in [0, 0.05) is 30.0 Å². The van der Waals surface area contributed by atoms with Crippen molar-refractivity contribution >= 4 is 35.1 Å². The molecule has 3 heterocycles. The van der Waals surface area contributed by atoms with E-state index in [-0.39, 0.29) is 30.6 Å². The van der Waals surface area contributed by atoms with Gasteiger partial charge in [0.15, 0.2) is 11.5 Å². The first-order chi connectivity index (χ1) is 14.9. The van der Waals surface area contributed by atoms with Crippen LogP contribution in [0.3, 0.4) is 0 Å². The second-order valence-corrected chi connectivity index (χ2v) is 8.35. The van der Waals surface area contributed by atoms with Crippen LogP contribution in [0.5, 0.6) is 0 Å². The lowest BCUT2D eigenvalue weighted by Crippen LogP contribution is -2.47. The minimum atomic E-state index is -2.23. The molecule has 0 unspecified atom stereocenters. The number of carbonyl (C=O) groups is 2. The van der Waals surface area contributed by atoms with E-state index in [1.165, 1.54) is 18.6 Å². The number of nitriles is 1. The lowest BCUT2D eigenvalue weighted by atomic mass is 10.1. The molecule has 11 nitrogen and oxygen atoms in total. The number of hydrogen-bond acceptors (Lipinski definition) is 10. The Balaban J connectivity index is 1.46. The van der Waals surface area contributed by atoms with E-state index in [0.29, 0.717) is 28.5 Å². The van der Waals surface area contributed by atoms with Gasteiger partial charge in [-0.15, -0.1) is 0 Å².